The molecule has 80 valence electrons. The van der Waals surface area contributed by atoms with E-state index < -0.39 is 23.5 Å². The lowest BCUT2D eigenvalue weighted by Crippen LogP contribution is -2.24. The second-order valence-corrected chi connectivity index (χ2v) is 2.52. The van der Waals surface area contributed by atoms with E-state index in [4.69, 9.17) is 0 Å². The number of hydrogen-bond acceptors (Lipinski definition) is 2. The van der Waals surface area contributed by atoms with Crippen LogP contribution in [0.5, 0.6) is 0 Å². The second kappa shape index (κ2) is 4.45. The van der Waals surface area contributed by atoms with Crippen LogP contribution in [0.3, 0.4) is 0 Å². The van der Waals surface area contributed by atoms with E-state index in [9.17, 15) is 18.0 Å². The van der Waals surface area contributed by atoms with Crippen LogP contribution in [0.4, 0.5) is 18.0 Å². The van der Waals surface area contributed by atoms with Crippen molar-refractivity contribution in [3.05, 3.63) is 35.1 Å². The van der Waals surface area contributed by atoms with Crippen LogP contribution in [0, 0.1) is 17.5 Å². The van der Waals surface area contributed by atoms with Gasteiger partial charge in [0.15, 0.2) is 11.6 Å². The van der Waals surface area contributed by atoms with Gasteiger partial charge in [0.05, 0.1) is 6.21 Å². The summed E-state index contributed by atoms with van der Waals surface area (Å²) in [4.78, 5) is 10.2. The smallest absolute Gasteiger partial charge is 0.332 e. The van der Waals surface area contributed by atoms with Gasteiger partial charge in [-0.05, 0) is 6.07 Å². The average Bonchev–Trinajstić information content (AvgIpc) is 2.13. The third-order valence-electron chi connectivity index (χ3n) is 1.42. The van der Waals surface area contributed by atoms with Gasteiger partial charge < -0.3 is 5.73 Å². The lowest BCUT2D eigenvalue weighted by molar-refractivity contribution is 0.249. The molecule has 0 aliphatic rings. The minimum absolute atomic E-state index is 0.303. The van der Waals surface area contributed by atoms with Crippen LogP contribution in [0.25, 0.3) is 0 Å². The molecule has 0 unspecified atom stereocenters. The number of nitrogens with zero attached hydrogens (tertiary/aromatic N) is 1. The van der Waals surface area contributed by atoms with E-state index in [0.29, 0.717) is 12.1 Å². The summed E-state index contributed by atoms with van der Waals surface area (Å²) in [7, 11) is 0. The Balaban J connectivity index is 2.90. The Morgan fingerprint density at radius 3 is 2.47 bits per heavy atom. The summed E-state index contributed by atoms with van der Waals surface area (Å²) >= 11 is 0. The van der Waals surface area contributed by atoms with Gasteiger partial charge in [-0.15, -0.1) is 0 Å². The van der Waals surface area contributed by atoms with E-state index in [1.807, 2.05) is 0 Å². The Labute approximate surface area is 82.6 Å². The van der Waals surface area contributed by atoms with Crippen molar-refractivity contribution in [1.29, 1.82) is 0 Å². The molecule has 0 saturated carbocycles. The third kappa shape index (κ3) is 2.97. The van der Waals surface area contributed by atoms with E-state index >= 15 is 0 Å². The van der Waals surface area contributed by atoms with Crippen LogP contribution in [-0.4, -0.2) is 12.2 Å². The molecular weight excluding hydrogens is 211 g/mol. The number of carbonyl (C=O) groups is 1. The molecule has 0 aromatic heterocycles. The highest BCUT2D eigenvalue weighted by Crippen LogP contribution is 2.11. The van der Waals surface area contributed by atoms with Crippen LogP contribution in [-0.2, 0) is 0 Å². The Morgan fingerprint density at radius 2 is 1.87 bits per heavy atom. The molecule has 0 radical (unpaired) electrons. The molecule has 3 N–H and O–H groups in total. The van der Waals surface area contributed by atoms with Crippen molar-refractivity contribution in [2.75, 3.05) is 0 Å². The first-order chi connectivity index (χ1) is 7.00. The SMILES string of the molecule is NC(=O)NN=Cc1cc(F)c(F)cc1F. The molecule has 0 aliphatic carbocycles. The highest BCUT2D eigenvalue weighted by atomic mass is 19.2. The van der Waals surface area contributed by atoms with Gasteiger partial charge in [0, 0.05) is 11.6 Å². The van der Waals surface area contributed by atoms with Gasteiger partial charge in [-0.3, -0.25) is 0 Å². The summed E-state index contributed by atoms with van der Waals surface area (Å²) in [5.74, 6) is -3.51. The van der Waals surface area contributed by atoms with Crippen molar-refractivity contribution in [1.82, 2.24) is 5.43 Å². The molecule has 0 saturated heterocycles. The maximum atomic E-state index is 12.9. The molecule has 0 heterocycles. The molecule has 2 amide bonds. The number of nitrogens with one attached hydrogen (secondary N) is 1. The van der Waals surface area contributed by atoms with Gasteiger partial charge >= 0.3 is 6.03 Å². The molecule has 15 heavy (non-hydrogen) atoms. The van der Waals surface area contributed by atoms with Gasteiger partial charge in [0.25, 0.3) is 0 Å². The molecule has 0 aliphatic heterocycles. The number of hydrogen-bond donors (Lipinski definition) is 2. The number of rotatable bonds is 2. The quantitative estimate of drug-likeness (QED) is 0.435. The number of carbonyl (C=O) groups excluding carboxylic acids is 1. The summed E-state index contributed by atoms with van der Waals surface area (Å²) in [6.45, 7) is 0. The molecular formula is C8H6F3N3O. The highest BCUT2D eigenvalue weighted by Gasteiger charge is 2.07. The third-order valence-corrected chi connectivity index (χ3v) is 1.42. The number of primary amides is 1. The number of urea groups is 1. The van der Waals surface area contributed by atoms with Crippen molar-refractivity contribution < 1.29 is 18.0 Å². The van der Waals surface area contributed by atoms with Crippen molar-refractivity contribution in [3.63, 3.8) is 0 Å². The average molecular weight is 217 g/mol. The minimum Gasteiger partial charge on any atom is -0.350 e. The topological polar surface area (TPSA) is 67.5 Å². The zero-order chi connectivity index (χ0) is 11.4. The van der Waals surface area contributed by atoms with Crippen LogP contribution >= 0.6 is 0 Å². The summed E-state index contributed by atoms with van der Waals surface area (Å²) in [6.07, 6.45) is 0.808. The summed E-state index contributed by atoms with van der Waals surface area (Å²) in [5, 5.41) is 3.19. The summed E-state index contributed by atoms with van der Waals surface area (Å²) in [6, 6.07) is 0.0341. The molecule has 7 heteroatoms. The summed E-state index contributed by atoms with van der Waals surface area (Å²) < 4.78 is 38.0. The Kier molecular flexibility index (Phi) is 3.27. The van der Waals surface area contributed by atoms with Crippen molar-refractivity contribution in [2.45, 2.75) is 0 Å². The first-order valence-corrected chi connectivity index (χ1v) is 3.73. The Bertz CT molecular complexity index is 420. The fourth-order valence-corrected chi connectivity index (χ4v) is 0.802. The normalized spacial score (nSPS) is 10.6. The lowest BCUT2D eigenvalue weighted by atomic mass is 10.2. The molecule has 0 fully saturated rings. The van der Waals surface area contributed by atoms with E-state index in [0.717, 1.165) is 6.21 Å². The first-order valence-electron chi connectivity index (χ1n) is 3.73. The van der Waals surface area contributed by atoms with E-state index in [1.165, 1.54) is 0 Å². The van der Waals surface area contributed by atoms with E-state index in [2.05, 4.69) is 10.8 Å². The zero-order valence-electron chi connectivity index (χ0n) is 7.30. The second-order valence-electron chi connectivity index (χ2n) is 2.52. The Hall–Kier alpha value is -2.05. The number of benzene rings is 1. The van der Waals surface area contributed by atoms with Crippen molar-refractivity contribution >= 4 is 12.2 Å². The summed E-state index contributed by atoms with van der Waals surface area (Å²) in [5.41, 5.74) is 6.13. The maximum absolute atomic E-state index is 12.9. The van der Waals surface area contributed by atoms with Crippen molar-refractivity contribution in [3.8, 4) is 0 Å². The molecule has 0 spiro atoms. The van der Waals surface area contributed by atoms with E-state index in [-0.39, 0.29) is 5.56 Å². The molecule has 0 atom stereocenters. The van der Waals surface area contributed by atoms with Crippen LogP contribution in [0.15, 0.2) is 17.2 Å². The zero-order valence-corrected chi connectivity index (χ0v) is 7.30. The van der Waals surface area contributed by atoms with Gasteiger partial charge in [-0.2, -0.15) is 5.10 Å². The fourth-order valence-electron chi connectivity index (χ4n) is 0.802. The monoisotopic (exact) mass is 217 g/mol. The first kappa shape index (κ1) is 11.0. The van der Waals surface area contributed by atoms with Gasteiger partial charge in [0.1, 0.15) is 5.82 Å². The fraction of sp³-hybridized carbons (Fsp3) is 0. The standard InChI is InChI=1S/C8H6F3N3O/c9-5-2-7(11)6(10)1-4(5)3-13-14-8(12)15/h1-3H,(H3,12,14,15). The minimum atomic E-state index is -1.30. The largest absolute Gasteiger partial charge is 0.350 e. The van der Waals surface area contributed by atoms with Gasteiger partial charge in [0.2, 0.25) is 0 Å². The Morgan fingerprint density at radius 1 is 1.27 bits per heavy atom. The number of amides is 2. The molecule has 1 rings (SSSR count). The predicted molar refractivity (Wildman–Crippen MR) is 46.6 cm³/mol. The molecule has 1 aromatic rings. The van der Waals surface area contributed by atoms with Gasteiger partial charge in [-0.1, -0.05) is 0 Å². The molecule has 4 nitrogen and oxygen atoms in total. The van der Waals surface area contributed by atoms with Crippen molar-refractivity contribution in [2.24, 2.45) is 10.8 Å². The highest BCUT2D eigenvalue weighted by molar-refractivity contribution is 5.81. The van der Waals surface area contributed by atoms with Gasteiger partial charge in [-0.25, -0.2) is 23.4 Å². The van der Waals surface area contributed by atoms with Crippen LogP contribution in [0.1, 0.15) is 5.56 Å². The van der Waals surface area contributed by atoms with E-state index in [1.54, 1.807) is 5.43 Å². The number of halogens is 3. The lowest BCUT2D eigenvalue weighted by Gasteiger charge is -1.98. The molecule has 1 aromatic carbocycles. The number of nitrogens with two attached hydrogens (primary N) is 1. The maximum Gasteiger partial charge on any atom is 0.332 e. The van der Waals surface area contributed by atoms with Crippen LogP contribution < -0.4 is 11.2 Å². The number of hydrazone groups is 1. The predicted octanol–water partition coefficient (Wildman–Crippen LogP) is 1.11. The molecule has 0 bridgehead atoms. The van der Waals surface area contributed by atoms with Crippen LogP contribution in [0.2, 0.25) is 0 Å².